The average Bonchev–Trinajstić information content (AvgIpc) is 3.20. The molecular weight excluding hydrogens is 753 g/mol. The van der Waals surface area contributed by atoms with Crippen LogP contribution in [0.1, 0.15) is 283 Å². The Kier molecular flexibility index (Phi) is 33.0. The molecule has 0 atom stereocenters. The Hall–Kier alpha value is -2.04. The molecule has 0 bridgehead atoms. The third-order valence-corrected chi connectivity index (χ3v) is 13.2. The van der Waals surface area contributed by atoms with E-state index in [9.17, 15) is 14.7 Å². The first kappa shape index (κ1) is 57.0. The number of hydrogen-bond acceptors (Lipinski definition) is 5. The van der Waals surface area contributed by atoms with E-state index in [1.807, 2.05) is 19.9 Å². The van der Waals surface area contributed by atoms with Crippen LogP contribution in [0.25, 0.3) is 0 Å². The molecule has 1 aromatic rings. The van der Waals surface area contributed by atoms with Gasteiger partial charge in [-0.1, -0.05) is 247 Å². The number of phenolic OH excluding ortho intramolecular Hbond substituents is 1. The number of ether oxygens (including phenoxy) is 2. The molecule has 0 aliphatic carbocycles. The van der Waals surface area contributed by atoms with Crippen LogP contribution in [0, 0.1) is 25.2 Å². The maximum Gasteiger partial charge on any atom is 0.320 e. The Bertz CT molecular complexity index is 1190. The van der Waals surface area contributed by atoms with Gasteiger partial charge in [0.2, 0.25) is 0 Å². The van der Waals surface area contributed by atoms with Crippen LogP contribution in [0.4, 0.5) is 0 Å². The number of phenols is 1. The van der Waals surface area contributed by atoms with Crippen molar-refractivity contribution in [3.05, 3.63) is 28.3 Å². The highest BCUT2D eigenvalue weighted by molar-refractivity contribution is 5.95. The summed E-state index contributed by atoms with van der Waals surface area (Å²) in [4.78, 5) is 27.4. The number of rotatable bonds is 40. The first-order valence-corrected chi connectivity index (χ1v) is 26.4. The van der Waals surface area contributed by atoms with Crippen LogP contribution in [0.5, 0.6) is 5.75 Å². The van der Waals surface area contributed by atoms with E-state index in [0.717, 1.165) is 67.2 Å². The maximum absolute atomic E-state index is 13.7. The predicted molar refractivity (Wildman–Crippen MR) is 263 cm³/mol. The van der Waals surface area contributed by atoms with E-state index in [-0.39, 0.29) is 17.3 Å². The molecule has 0 radical (unpaired) electrons. The highest BCUT2D eigenvalue weighted by Gasteiger charge is 2.34. The van der Waals surface area contributed by atoms with E-state index in [1.165, 1.54) is 167 Å². The van der Waals surface area contributed by atoms with Crippen LogP contribution in [-0.4, -0.2) is 30.3 Å². The second-order valence-electron chi connectivity index (χ2n) is 21.0. The lowest BCUT2D eigenvalue weighted by Crippen LogP contribution is -2.31. The second-order valence-corrected chi connectivity index (χ2v) is 21.0. The highest BCUT2D eigenvalue weighted by Crippen LogP contribution is 2.43. The zero-order valence-electron chi connectivity index (χ0n) is 42.2. The summed E-state index contributed by atoms with van der Waals surface area (Å²) in [5, 5.41) is 11.3. The molecule has 0 aromatic heterocycles. The molecule has 0 aliphatic heterocycles. The zero-order valence-corrected chi connectivity index (χ0v) is 42.2. The monoisotopic (exact) mass is 855 g/mol. The van der Waals surface area contributed by atoms with E-state index in [2.05, 4.69) is 48.5 Å². The molecule has 0 saturated carbocycles. The van der Waals surface area contributed by atoms with Crippen molar-refractivity contribution in [3.8, 4) is 5.75 Å². The summed E-state index contributed by atoms with van der Waals surface area (Å²) < 4.78 is 11.6. The summed E-state index contributed by atoms with van der Waals surface area (Å²) >= 11 is 0. The molecule has 61 heavy (non-hydrogen) atoms. The molecule has 5 nitrogen and oxygen atoms in total. The van der Waals surface area contributed by atoms with Gasteiger partial charge in [-0.25, -0.2) is 0 Å². The molecule has 356 valence electrons. The van der Waals surface area contributed by atoms with Crippen molar-refractivity contribution in [1.29, 1.82) is 0 Å². The Labute approximate surface area is 379 Å². The molecular formula is C56H102O5. The SMILES string of the molecule is CCCCCCCCCCCCCCCCCCOC(=O)C(Cc1cc(C(C)(C)CC(C)(C)C)c(O)c(C)c1C)C(=O)OCCCCCCCCCCCCCCCCCC. The number of carbonyl (C=O) groups excluding carboxylic acids is 2. The maximum atomic E-state index is 13.7. The minimum Gasteiger partial charge on any atom is -0.507 e. The summed E-state index contributed by atoms with van der Waals surface area (Å²) in [6.07, 6.45) is 42.4. The van der Waals surface area contributed by atoms with Crippen LogP contribution in [-0.2, 0) is 30.9 Å². The van der Waals surface area contributed by atoms with Crippen LogP contribution in [0.2, 0.25) is 0 Å². The minimum absolute atomic E-state index is 0.0599. The number of carbonyl (C=O) groups is 2. The summed E-state index contributed by atoms with van der Waals surface area (Å²) in [7, 11) is 0. The van der Waals surface area contributed by atoms with Gasteiger partial charge in [-0.3, -0.25) is 9.59 Å². The van der Waals surface area contributed by atoms with Gasteiger partial charge in [-0.05, 0) is 67.1 Å². The Balaban J connectivity index is 2.60. The van der Waals surface area contributed by atoms with Gasteiger partial charge < -0.3 is 14.6 Å². The van der Waals surface area contributed by atoms with Gasteiger partial charge in [0.1, 0.15) is 5.75 Å². The fourth-order valence-electron chi connectivity index (χ4n) is 9.45. The molecule has 1 rings (SSSR count). The molecule has 0 heterocycles. The third-order valence-electron chi connectivity index (χ3n) is 13.2. The molecule has 0 unspecified atom stereocenters. The number of unbranched alkanes of at least 4 members (excludes halogenated alkanes) is 30. The molecule has 0 spiro atoms. The Morgan fingerprint density at radius 1 is 0.492 bits per heavy atom. The summed E-state index contributed by atoms with van der Waals surface area (Å²) in [5.41, 5.74) is 3.24. The standard InChI is InChI=1S/C56H102O5/c1-10-12-14-16-18-20-22-24-26-28-30-32-34-36-38-40-42-60-53(58)50(44-49-45-51(52(57)48(4)47(49)3)56(8,9)46-55(5,6)7)54(59)61-43-41-39-37-35-33-31-29-27-25-23-21-19-17-15-13-11-2/h45,50,57H,10-44,46H2,1-9H3. The fourth-order valence-corrected chi connectivity index (χ4v) is 9.45. The van der Waals surface area contributed by atoms with Crippen molar-refractivity contribution in [2.75, 3.05) is 13.2 Å². The lowest BCUT2D eigenvalue weighted by atomic mass is 9.71. The first-order valence-electron chi connectivity index (χ1n) is 26.4. The number of aromatic hydroxyl groups is 1. The van der Waals surface area contributed by atoms with E-state index >= 15 is 0 Å². The molecule has 0 amide bonds. The Morgan fingerprint density at radius 3 is 1.08 bits per heavy atom. The fraction of sp³-hybridized carbons (Fsp3) is 0.857. The largest absolute Gasteiger partial charge is 0.507 e. The molecule has 0 saturated heterocycles. The average molecular weight is 855 g/mol. The summed E-state index contributed by atoms with van der Waals surface area (Å²) in [6, 6.07) is 2.03. The van der Waals surface area contributed by atoms with E-state index in [0.29, 0.717) is 19.0 Å². The molecule has 1 N–H and O–H groups in total. The topological polar surface area (TPSA) is 72.8 Å². The number of benzene rings is 1. The van der Waals surface area contributed by atoms with E-state index in [1.54, 1.807) is 0 Å². The zero-order chi connectivity index (χ0) is 45.2. The van der Waals surface area contributed by atoms with Crippen molar-refractivity contribution < 1.29 is 24.2 Å². The van der Waals surface area contributed by atoms with Gasteiger partial charge >= 0.3 is 11.9 Å². The van der Waals surface area contributed by atoms with Crippen LogP contribution in [0.15, 0.2) is 6.07 Å². The third kappa shape index (κ3) is 28.4. The predicted octanol–water partition coefficient (Wildman–Crippen LogP) is 17.5. The Morgan fingerprint density at radius 2 is 0.787 bits per heavy atom. The molecule has 0 fully saturated rings. The van der Waals surface area contributed by atoms with E-state index in [4.69, 9.17) is 9.47 Å². The number of hydrogen-bond donors (Lipinski definition) is 1. The minimum atomic E-state index is -1.02. The normalized spacial score (nSPS) is 12.1. The van der Waals surface area contributed by atoms with Gasteiger partial charge in [-0.15, -0.1) is 0 Å². The first-order chi connectivity index (χ1) is 29.2. The lowest BCUT2D eigenvalue weighted by molar-refractivity contribution is -0.162. The lowest BCUT2D eigenvalue weighted by Gasteiger charge is -2.34. The second kappa shape index (κ2) is 35.3. The van der Waals surface area contributed by atoms with Gasteiger partial charge in [0, 0.05) is 5.56 Å². The van der Waals surface area contributed by atoms with Gasteiger partial charge in [0.25, 0.3) is 0 Å². The molecule has 1 aromatic carbocycles. The van der Waals surface area contributed by atoms with Gasteiger partial charge in [0.05, 0.1) is 13.2 Å². The van der Waals surface area contributed by atoms with Crippen molar-refractivity contribution in [3.63, 3.8) is 0 Å². The van der Waals surface area contributed by atoms with Crippen LogP contribution >= 0.6 is 0 Å². The van der Waals surface area contributed by atoms with Crippen LogP contribution in [0.3, 0.4) is 0 Å². The number of esters is 2. The van der Waals surface area contributed by atoms with Crippen molar-refractivity contribution in [2.45, 2.75) is 286 Å². The van der Waals surface area contributed by atoms with Crippen molar-refractivity contribution >= 4 is 11.9 Å². The van der Waals surface area contributed by atoms with E-state index < -0.39 is 17.9 Å². The quantitative estimate of drug-likeness (QED) is 0.0404. The molecule has 5 heteroatoms. The smallest absolute Gasteiger partial charge is 0.320 e. The van der Waals surface area contributed by atoms with Gasteiger partial charge in [0.15, 0.2) is 5.92 Å². The summed E-state index contributed by atoms with van der Waals surface area (Å²) in [6.45, 7) is 20.1. The molecule has 0 aliphatic rings. The highest BCUT2D eigenvalue weighted by atomic mass is 16.6. The van der Waals surface area contributed by atoms with Crippen LogP contribution < -0.4 is 0 Å². The summed E-state index contributed by atoms with van der Waals surface area (Å²) in [5.74, 6) is -1.69. The van der Waals surface area contributed by atoms with Crippen molar-refractivity contribution in [1.82, 2.24) is 0 Å². The van der Waals surface area contributed by atoms with Crippen molar-refractivity contribution in [2.24, 2.45) is 11.3 Å². The van der Waals surface area contributed by atoms with Gasteiger partial charge in [-0.2, -0.15) is 0 Å².